The van der Waals surface area contributed by atoms with Crippen molar-refractivity contribution in [2.24, 2.45) is 0 Å². The molecule has 114 valence electrons. The Hall–Kier alpha value is -2.09. The third kappa shape index (κ3) is 3.72. The smallest absolute Gasteiger partial charge is 0.318 e. The highest BCUT2D eigenvalue weighted by Crippen LogP contribution is 2.19. The molecular formula is C13H17N3O4S. The fourth-order valence-corrected chi connectivity index (χ4v) is 2.94. The Morgan fingerprint density at radius 1 is 1.62 bits per heavy atom. The highest BCUT2D eigenvalue weighted by molar-refractivity contribution is 7.10. The number of nitrogens with zero attached hydrogens (tertiary/aromatic N) is 1. The average Bonchev–Trinajstić information content (AvgIpc) is 2.94. The van der Waals surface area contributed by atoms with Gasteiger partial charge in [0.2, 0.25) is 5.91 Å². The van der Waals surface area contributed by atoms with Gasteiger partial charge in [-0.05, 0) is 18.4 Å². The Balaban J connectivity index is 2.04. The van der Waals surface area contributed by atoms with Gasteiger partial charge in [-0.25, -0.2) is 4.79 Å². The fraction of sp³-hybridized carbons (Fsp3) is 0.462. The van der Waals surface area contributed by atoms with E-state index in [1.807, 2.05) is 24.4 Å². The molecule has 3 N–H and O–H groups in total. The van der Waals surface area contributed by atoms with Crippen molar-refractivity contribution in [3.8, 4) is 0 Å². The van der Waals surface area contributed by atoms with Crippen molar-refractivity contribution in [2.45, 2.75) is 25.4 Å². The zero-order valence-electron chi connectivity index (χ0n) is 11.5. The molecule has 2 unspecified atom stereocenters. The number of thiophene rings is 1. The van der Waals surface area contributed by atoms with Crippen LogP contribution in [0.4, 0.5) is 4.79 Å². The van der Waals surface area contributed by atoms with Crippen LogP contribution in [0.2, 0.25) is 0 Å². The summed E-state index contributed by atoms with van der Waals surface area (Å²) in [5, 5.41) is 16.2. The number of urea groups is 1. The first-order chi connectivity index (χ1) is 9.99. The number of carboxylic acids is 1. The van der Waals surface area contributed by atoms with E-state index in [4.69, 9.17) is 5.11 Å². The number of hydrogen-bond donors (Lipinski definition) is 3. The van der Waals surface area contributed by atoms with Crippen LogP contribution in [0.15, 0.2) is 17.5 Å². The Labute approximate surface area is 125 Å². The third-order valence-corrected chi connectivity index (χ3v) is 4.32. The van der Waals surface area contributed by atoms with Gasteiger partial charge in [-0.2, -0.15) is 0 Å². The first-order valence-electron chi connectivity index (χ1n) is 6.59. The molecule has 2 rings (SSSR count). The summed E-state index contributed by atoms with van der Waals surface area (Å²) >= 11 is 1.53. The first-order valence-corrected chi connectivity index (χ1v) is 7.47. The summed E-state index contributed by atoms with van der Waals surface area (Å²) in [5.74, 6) is -1.54. The van der Waals surface area contributed by atoms with Gasteiger partial charge in [-0.3, -0.25) is 9.59 Å². The molecule has 2 heterocycles. The molecule has 0 spiro atoms. The highest BCUT2D eigenvalue weighted by Gasteiger charge is 2.35. The first kappa shape index (κ1) is 15.3. The van der Waals surface area contributed by atoms with Crippen molar-refractivity contribution in [3.05, 3.63) is 22.4 Å². The minimum absolute atomic E-state index is 0.187. The van der Waals surface area contributed by atoms with Gasteiger partial charge in [0.05, 0.1) is 12.5 Å². The number of nitrogens with one attached hydrogen (secondary N) is 2. The van der Waals surface area contributed by atoms with E-state index in [9.17, 15) is 14.4 Å². The quantitative estimate of drug-likeness (QED) is 0.765. The van der Waals surface area contributed by atoms with Crippen LogP contribution < -0.4 is 10.6 Å². The van der Waals surface area contributed by atoms with Crippen LogP contribution in [0.25, 0.3) is 0 Å². The standard InChI is InChI=1S/C13H17N3O4S/c1-8(10-3-2-6-21-10)15-13(20)16-5-4-14-12(19)9(16)7-11(17)18/h2-3,6,8-9H,4-5,7H2,1H3,(H,14,19)(H,15,20)(H,17,18). The normalized spacial score (nSPS) is 19.8. The molecule has 3 amide bonds. The molecule has 0 aliphatic carbocycles. The predicted molar refractivity (Wildman–Crippen MR) is 77.0 cm³/mol. The van der Waals surface area contributed by atoms with Crippen LogP contribution >= 0.6 is 11.3 Å². The lowest BCUT2D eigenvalue weighted by atomic mass is 10.1. The van der Waals surface area contributed by atoms with Gasteiger partial charge in [-0.15, -0.1) is 11.3 Å². The summed E-state index contributed by atoms with van der Waals surface area (Å²) in [5.41, 5.74) is 0. The Kier molecular flexibility index (Phi) is 4.79. The maximum atomic E-state index is 12.3. The van der Waals surface area contributed by atoms with Crippen molar-refractivity contribution in [2.75, 3.05) is 13.1 Å². The van der Waals surface area contributed by atoms with Crippen LogP contribution in [-0.4, -0.2) is 47.0 Å². The van der Waals surface area contributed by atoms with Crippen molar-refractivity contribution in [1.82, 2.24) is 15.5 Å². The van der Waals surface area contributed by atoms with E-state index in [1.54, 1.807) is 0 Å². The lowest BCUT2D eigenvalue weighted by molar-refractivity contribution is -0.142. The summed E-state index contributed by atoms with van der Waals surface area (Å²) in [4.78, 5) is 37.2. The molecule has 2 atom stereocenters. The number of amides is 3. The van der Waals surface area contributed by atoms with Gasteiger partial charge in [0.15, 0.2) is 0 Å². The molecule has 0 aromatic carbocycles. The number of carbonyl (C=O) groups excluding carboxylic acids is 2. The van der Waals surface area contributed by atoms with Crippen LogP contribution in [0, 0.1) is 0 Å². The molecule has 0 radical (unpaired) electrons. The summed E-state index contributed by atoms with van der Waals surface area (Å²) in [6.45, 7) is 2.47. The lowest BCUT2D eigenvalue weighted by Crippen LogP contribution is -2.60. The largest absolute Gasteiger partial charge is 0.481 e. The van der Waals surface area contributed by atoms with E-state index in [-0.39, 0.29) is 6.04 Å². The number of hydrogen-bond acceptors (Lipinski definition) is 4. The van der Waals surface area contributed by atoms with Crippen LogP contribution in [0.1, 0.15) is 24.3 Å². The number of aliphatic carboxylic acids is 1. The maximum Gasteiger partial charge on any atom is 0.318 e. The molecule has 7 nitrogen and oxygen atoms in total. The summed E-state index contributed by atoms with van der Waals surface area (Å²) in [6, 6.07) is 2.23. The van der Waals surface area contributed by atoms with Gasteiger partial charge in [0.25, 0.3) is 0 Å². The summed E-state index contributed by atoms with van der Waals surface area (Å²) in [7, 11) is 0. The molecule has 8 heteroatoms. The Morgan fingerprint density at radius 2 is 2.38 bits per heavy atom. The third-order valence-electron chi connectivity index (χ3n) is 3.27. The van der Waals surface area contributed by atoms with E-state index in [0.717, 1.165) is 4.88 Å². The zero-order chi connectivity index (χ0) is 15.4. The highest BCUT2D eigenvalue weighted by atomic mass is 32.1. The second-order valence-electron chi connectivity index (χ2n) is 4.78. The topological polar surface area (TPSA) is 98.7 Å². The van der Waals surface area contributed by atoms with Crippen LogP contribution in [0.3, 0.4) is 0 Å². The minimum Gasteiger partial charge on any atom is -0.481 e. The van der Waals surface area contributed by atoms with E-state index < -0.39 is 30.4 Å². The fourth-order valence-electron chi connectivity index (χ4n) is 2.20. The SMILES string of the molecule is CC(NC(=O)N1CCNC(=O)C1CC(=O)O)c1cccs1. The second kappa shape index (κ2) is 6.57. The molecule has 1 fully saturated rings. The number of piperazine rings is 1. The number of carbonyl (C=O) groups is 3. The van der Waals surface area contributed by atoms with Gasteiger partial charge >= 0.3 is 12.0 Å². The molecule has 0 bridgehead atoms. The minimum atomic E-state index is -1.11. The van der Waals surface area contributed by atoms with Gasteiger partial charge < -0.3 is 20.6 Å². The summed E-state index contributed by atoms with van der Waals surface area (Å²) < 4.78 is 0. The van der Waals surface area contributed by atoms with Crippen molar-refractivity contribution >= 4 is 29.2 Å². The monoisotopic (exact) mass is 311 g/mol. The second-order valence-corrected chi connectivity index (χ2v) is 5.76. The molecule has 1 aromatic rings. The van der Waals surface area contributed by atoms with Crippen LogP contribution in [0.5, 0.6) is 0 Å². The summed E-state index contributed by atoms with van der Waals surface area (Å²) in [6.07, 6.45) is -0.396. The van der Waals surface area contributed by atoms with Crippen molar-refractivity contribution in [1.29, 1.82) is 0 Å². The molecule has 0 saturated carbocycles. The van der Waals surface area contributed by atoms with E-state index in [0.29, 0.717) is 13.1 Å². The molecule has 1 aromatic heterocycles. The van der Waals surface area contributed by atoms with Crippen molar-refractivity contribution < 1.29 is 19.5 Å². The van der Waals surface area contributed by atoms with Crippen LogP contribution in [-0.2, 0) is 9.59 Å². The average molecular weight is 311 g/mol. The molecular weight excluding hydrogens is 294 g/mol. The maximum absolute atomic E-state index is 12.3. The van der Waals surface area contributed by atoms with E-state index in [2.05, 4.69) is 10.6 Å². The Bertz CT molecular complexity index is 532. The van der Waals surface area contributed by atoms with Gasteiger partial charge in [-0.1, -0.05) is 6.07 Å². The number of carboxylic acid groups (broad SMARTS) is 1. The van der Waals surface area contributed by atoms with E-state index >= 15 is 0 Å². The van der Waals surface area contributed by atoms with Gasteiger partial charge in [0, 0.05) is 18.0 Å². The molecule has 1 saturated heterocycles. The van der Waals surface area contributed by atoms with Crippen molar-refractivity contribution in [3.63, 3.8) is 0 Å². The van der Waals surface area contributed by atoms with E-state index in [1.165, 1.54) is 16.2 Å². The predicted octanol–water partition coefficient (Wildman–Crippen LogP) is 0.794. The Morgan fingerprint density at radius 3 is 3.00 bits per heavy atom. The van der Waals surface area contributed by atoms with Gasteiger partial charge in [0.1, 0.15) is 6.04 Å². The molecule has 21 heavy (non-hydrogen) atoms. The molecule has 1 aliphatic rings. The lowest BCUT2D eigenvalue weighted by Gasteiger charge is -2.34. The molecule has 1 aliphatic heterocycles. The zero-order valence-corrected chi connectivity index (χ0v) is 12.4. The number of rotatable bonds is 4.